The van der Waals surface area contributed by atoms with Gasteiger partial charge in [0.1, 0.15) is 0 Å². The molecule has 1 aliphatic heterocycles. The van der Waals surface area contributed by atoms with Crippen molar-refractivity contribution in [1.82, 2.24) is 5.32 Å². The summed E-state index contributed by atoms with van der Waals surface area (Å²) in [6.07, 6.45) is 0. The van der Waals surface area contributed by atoms with Crippen LogP contribution >= 0.6 is 12.6 Å². The van der Waals surface area contributed by atoms with Gasteiger partial charge in [-0.1, -0.05) is 0 Å². The fourth-order valence-electron chi connectivity index (χ4n) is 1.32. The molecule has 0 unspecified atom stereocenters. The standard InChI is InChI=1S/C10H12N2O3S/c13-10(11-3-4-16)12-7-1-2-8-9(5-7)15-6-14-8/h1-2,5,16H,3-4,6H2,(H2,11,12,13). The summed E-state index contributed by atoms with van der Waals surface area (Å²) in [6, 6.07) is 4.99. The van der Waals surface area contributed by atoms with Gasteiger partial charge in [0.15, 0.2) is 11.5 Å². The highest BCUT2D eigenvalue weighted by Gasteiger charge is 2.13. The molecule has 2 rings (SSSR count). The number of ether oxygens (including phenoxy) is 2. The average Bonchev–Trinajstić information content (AvgIpc) is 2.73. The minimum Gasteiger partial charge on any atom is -0.454 e. The van der Waals surface area contributed by atoms with Crippen molar-refractivity contribution >= 4 is 24.3 Å². The van der Waals surface area contributed by atoms with Crippen LogP contribution in [0.4, 0.5) is 10.5 Å². The van der Waals surface area contributed by atoms with Gasteiger partial charge in [0.05, 0.1) is 0 Å². The molecule has 0 radical (unpaired) electrons. The molecule has 1 aromatic carbocycles. The molecule has 2 N–H and O–H groups in total. The van der Waals surface area contributed by atoms with E-state index in [9.17, 15) is 4.79 Å². The minimum atomic E-state index is -0.257. The minimum absolute atomic E-state index is 0.227. The molecular weight excluding hydrogens is 228 g/mol. The Balaban J connectivity index is 1.97. The molecule has 0 saturated heterocycles. The highest BCUT2D eigenvalue weighted by molar-refractivity contribution is 7.80. The Morgan fingerprint density at radius 1 is 1.38 bits per heavy atom. The van der Waals surface area contributed by atoms with Crippen molar-refractivity contribution in [3.05, 3.63) is 18.2 Å². The topological polar surface area (TPSA) is 59.6 Å². The third kappa shape index (κ3) is 2.52. The van der Waals surface area contributed by atoms with Crippen molar-refractivity contribution in [2.24, 2.45) is 0 Å². The lowest BCUT2D eigenvalue weighted by molar-refractivity contribution is 0.174. The molecule has 1 aromatic rings. The number of hydrogen-bond donors (Lipinski definition) is 3. The fourth-order valence-corrected chi connectivity index (χ4v) is 1.43. The first-order chi connectivity index (χ1) is 7.79. The van der Waals surface area contributed by atoms with E-state index in [0.29, 0.717) is 29.5 Å². The van der Waals surface area contributed by atoms with Crippen molar-refractivity contribution < 1.29 is 14.3 Å². The molecule has 0 saturated carbocycles. The normalized spacial score (nSPS) is 12.3. The summed E-state index contributed by atoms with van der Waals surface area (Å²) in [6.45, 7) is 0.754. The lowest BCUT2D eigenvalue weighted by atomic mass is 10.3. The van der Waals surface area contributed by atoms with Gasteiger partial charge in [0.2, 0.25) is 6.79 Å². The Morgan fingerprint density at radius 3 is 3.00 bits per heavy atom. The van der Waals surface area contributed by atoms with Crippen LogP contribution in [0.2, 0.25) is 0 Å². The van der Waals surface area contributed by atoms with Crippen LogP contribution < -0.4 is 20.1 Å². The third-order valence-electron chi connectivity index (χ3n) is 2.03. The molecule has 1 aliphatic rings. The number of anilines is 1. The van der Waals surface area contributed by atoms with Gasteiger partial charge in [-0.2, -0.15) is 12.6 Å². The van der Waals surface area contributed by atoms with Gasteiger partial charge in [0.25, 0.3) is 0 Å². The van der Waals surface area contributed by atoms with E-state index in [2.05, 4.69) is 23.3 Å². The molecule has 0 aliphatic carbocycles. The van der Waals surface area contributed by atoms with E-state index in [-0.39, 0.29) is 12.8 Å². The predicted molar refractivity (Wildman–Crippen MR) is 63.4 cm³/mol. The highest BCUT2D eigenvalue weighted by atomic mass is 32.1. The van der Waals surface area contributed by atoms with Crippen LogP contribution in [0.25, 0.3) is 0 Å². The number of hydrogen-bond acceptors (Lipinski definition) is 4. The van der Waals surface area contributed by atoms with Crippen LogP contribution in [0.1, 0.15) is 0 Å². The summed E-state index contributed by atoms with van der Waals surface area (Å²) in [5.74, 6) is 1.95. The monoisotopic (exact) mass is 240 g/mol. The van der Waals surface area contributed by atoms with E-state index in [4.69, 9.17) is 9.47 Å². The van der Waals surface area contributed by atoms with Crippen molar-refractivity contribution in [3.63, 3.8) is 0 Å². The van der Waals surface area contributed by atoms with Gasteiger partial charge in [-0.3, -0.25) is 0 Å². The molecule has 5 nitrogen and oxygen atoms in total. The first kappa shape index (κ1) is 10.9. The zero-order valence-corrected chi connectivity index (χ0v) is 9.42. The van der Waals surface area contributed by atoms with Gasteiger partial charge >= 0.3 is 6.03 Å². The maximum absolute atomic E-state index is 11.3. The van der Waals surface area contributed by atoms with Crippen molar-refractivity contribution in [2.75, 3.05) is 24.4 Å². The maximum atomic E-state index is 11.3. The van der Waals surface area contributed by atoms with Gasteiger partial charge in [0, 0.05) is 24.1 Å². The summed E-state index contributed by atoms with van der Waals surface area (Å²) in [7, 11) is 0. The fraction of sp³-hybridized carbons (Fsp3) is 0.300. The summed E-state index contributed by atoms with van der Waals surface area (Å²) in [5.41, 5.74) is 0.668. The molecule has 16 heavy (non-hydrogen) atoms. The Hall–Kier alpha value is -1.56. The first-order valence-corrected chi connectivity index (χ1v) is 5.48. The Labute approximate surface area is 98.5 Å². The maximum Gasteiger partial charge on any atom is 0.319 e. The number of nitrogens with one attached hydrogen (secondary N) is 2. The average molecular weight is 240 g/mol. The second kappa shape index (κ2) is 4.98. The van der Waals surface area contributed by atoms with Crippen LogP contribution in [0.15, 0.2) is 18.2 Å². The van der Waals surface area contributed by atoms with Gasteiger partial charge in [-0.25, -0.2) is 4.79 Å². The SMILES string of the molecule is O=C(NCCS)Nc1ccc2c(c1)OCO2. The summed E-state index contributed by atoms with van der Waals surface area (Å²) < 4.78 is 10.4. The predicted octanol–water partition coefficient (Wildman–Crippen LogP) is 1.47. The van der Waals surface area contributed by atoms with E-state index in [0.717, 1.165) is 0 Å². The van der Waals surface area contributed by atoms with Crippen molar-refractivity contribution in [2.45, 2.75) is 0 Å². The van der Waals surface area contributed by atoms with Crippen LogP contribution in [0.3, 0.4) is 0 Å². The smallest absolute Gasteiger partial charge is 0.319 e. The highest BCUT2D eigenvalue weighted by Crippen LogP contribution is 2.34. The molecule has 0 bridgehead atoms. The van der Waals surface area contributed by atoms with E-state index >= 15 is 0 Å². The number of rotatable bonds is 3. The Bertz CT molecular complexity index is 398. The van der Waals surface area contributed by atoms with Gasteiger partial charge in [-0.05, 0) is 12.1 Å². The number of benzene rings is 1. The van der Waals surface area contributed by atoms with E-state index in [1.54, 1.807) is 18.2 Å². The zero-order chi connectivity index (χ0) is 11.4. The first-order valence-electron chi connectivity index (χ1n) is 4.85. The van der Waals surface area contributed by atoms with Crippen LogP contribution in [0, 0.1) is 0 Å². The van der Waals surface area contributed by atoms with Crippen LogP contribution in [-0.2, 0) is 0 Å². The number of carbonyl (C=O) groups is 1. The Morgan fingerprint density at radius 2 is 2.19 bits per heavy atom. The molecular formula is C10H12N2O3S. The summed E-state index contributed by atoms with van der Waals surface area (Å²) in [5, 5.41) is 5.34. The molecule has 0 fully saturated rings. The molecule has 86 valence electrons. The van der Waals surface area contributed by atoms with E-state index in [1.807, 2.05) is 0 Å². The van der Waals surface area contributed by atoms with E-state index in [1.165, 1.54) is 0 Å². The summed E-state index contributed by atoms with van der Waals surface area (Å²) >= 11 is 4.00. The molecule has 6 heteroatoms. The van der Waals surface area contributed by atoms with Gasteiger partial charge in [-0.15, -0.1) is 0 Å². The third-order valence-corrected chi connectivity index (χ3v) is 2.25. The van der Waals surface area contributed by atoms with Gasteiger partial charge < -0.3 is 20.1 Å². The molecule has 0 atom stereocenters. The number of thiol groups is 1. The van der Waals surface area contributed by atoms with Crippen LogP contribution in [0.5, 0.6) is 11.5 Å². The number of carbonyl (C=O) groups excluding carboxylic acids is 1. The lowest BCUT2D eigenvalue weighted by Gasteiger charge is -2.06. The largest absolute Gasteiger partial charge is 0.454 e. The molecule has 0 aromatic heterocycles. The summed E-state index contributed by atoms with van der Waals surface area (Å²) in [4.78, 5) is 11.3. The van der Waals surface area contributed by atoms with E-state index < -0.39 is 0 Å². The second-order valence-corrected chi connectivity index (χ2v) is 3.62. The number of urea groups is 1. The zero-order valence-electron chi connectivity index (χ0n) is 8.53. The van der Waals surface area contributed by atoms with Crippen molar-refractivity contribution in [3.8, 4) is 11.5 Å². The lowest BCUT2D eigenvalue weighted by Crippen LogP contribution is -2.30. The van der Waals surface area contributed by atoms with Crippen molar-refractivity contribution in [1.29, 1.82) is 0 Å². The number of amides is 2. The quantitative estimate of drug-likeness (QED) is 0.701. The number of fused-ring (bicyclic) bond motifs is 1. The molecule has 1 heterocycles. The van der Waals surface area contributed by atoms with Crippen LogP contribution in [-0.4, -0.2) is 25.1 Å². The molecule has 2 amide bonds. The molecule has 0 spiro atoms. The Kier molecular flexibility index (Phi) is 3.40. The second-order valence-electron chi connectivity index (χ2n) is 3.17.